The molecule has 0 N–H and O–H groups in total. The lowest BCUT2D eigenvalue weighted by molar-refractivity contribution is -0.384. The molecule has 1 aromatic heterocycles. The standard InChI is InChI=1S/C29H29ClN4O5/c1-4-6-17-32(28(35)23-16-13-21(34(37)38)18-25(23)30)19(3)27-31-26-10-8-7-9-24(26)29(36)33(27)20-11-14-22(15-12-20)39-5-2/h7-16,18-19H,4-6,17H2,1-3H3. The Bertz CT molecular complexity index is 1570. The zero-order valence-electron chi connectivity index (χ0n) is 22.0. The summed E-state index contributed by atoms with van der Waals surface area (Å²) in [6.45, 7) is 6.60. The Morgan fingerprint density at radius 3 is 2.49 bits per heavy atom. The lowest BCUT2D eigenvalue weighted by Gasteiger charge is -2.31. The van der Waals surface area contributed by atoms with Gasteiger partial charge in [0.2, 0.25) is 0 Å². The van der Waals surface area contributed by atoms with Crippen LogP contribution >= 0.6 is 11.6 Å². The van der Waals surface area contributed by atoms with Crippen LogP contribution in [0.3, 0.4) is 0 Å². The Morgan fingerprint density at radius 1 is 1.13 bits per heavy atom. The predicted molar refractivity (Wildman–Crippen MR) is 151 cm³/mol. The maximum Gasteiger partial charge on any atom is 0.270 e. The molecule has 1 amide bonds. The molecule has 0 aliphatic carbocycles. The summed E-state index contributed by atoms with van der Waals surface area (Å²) in [5.74, 6) is 0.645. The third kappa shape index (κ3) is 5.78. The van der Waals surface area contributed by atoms with Gasteiger partial charge in [-0.1, -0.05) is 37.1 Å². The second-order valence-corrected chi connectivity index (χ2v) is 9.41. The molecule has 0 aliphatic rings. The van der Waals surface area contributed by atoms with E-state index in [9.17, 15) is 19.7 Å². The number of nitro groups is 1. The summed E-state index contributed by atoms with van der Waals surface area (Å²) in [5, 5.41) is 11.6. The first-order chi connectivity index (χ1) is 18.8. The number of amides is 1. The predicted octanol–water partition coefficient (Wildman–Crippen LogP) is 6.35. The van der Waals surface area contributed by atoms with E-state index < -0.39 is 16.9 Å². The Morgan fingerprint density at radius 2 is 1.85 bits per heavy atom. The highest BCUT2D eigenvalue weighted by Gasteiger charge is 2.29. The number of halogens is 1. The first kappa shape index (κ1) is 27.8. The molecule has 0 saturated heterocycles. The molecule has 3 aromatic carbocycles. The summed E-state index contributed by atoms with van der Waals surface area (Å²) in [5.41, 5.74) is 0.775. The molecule has 4 aromatic rings. The molecular weight excluding hydrogens is 520 g/mol. The summed E-state index contributed by atoms with van der Waals surface area (Å²) in [4.78, 5) is 44.7. The van der Waals surface area contributed by atoms with Gasteiger partial charge in [0.1, 0.15) is 11.6 Å². The van der Waals surface area contributed by atoms with Gasteiger partial charge in [0.15, 0.2) is 0 Å². The topological polar surface area (TPSA) is 108 Å². The van der Waals surface area contributed by atoms with E-state index in [0.717, 1.165) is 6.42 Å². The van der Waals surface area contributed by atoms with E-state index in [4.69, 9.17) is 21.3 Å². The molecule has 0 aliphatic heterocycles. The van der Waals surface area contributed by atoms with Crippen molar-refractivity contribution in [1.29, 1.82) is 0 Å². The third-order valence-electron chi connectivity index (χ3n) is 6.46. The van der Waals surface area contributed by atoms with Crippen LogP contribution in [0.5, 0.6) is 5.75 Å². The number of nitro benzene ring substituents is 1. The molecule has 4 rings (SSSR count). The van der Waals surface area contributed by atoms with E-state index in [-0.39, 0.29) is 21.8 Å². The third-order valence-corrected chi connectivity index (χ3v) is 6.77. The number of rotatable bonds is 10. The van der Waals surface area contributed by atoms with E-state index in [1.807, 2.05) is 20.8 Å². The molecule has 0 radical (unpaired) electrons. The van der Waals surface area contributed by atoms with Gasteiger partial charge in [-0.3, -0.25) is 24.3 Å². The summed E-state index contributed by atoms with van der Waals surface area (Å²) < 4.78 is 7.08. The SMILES string of the molecule is CCCCN(C(=O)c1ccc([N+](=O)[O-])cc1Cl)C(C)c1nc2ccccc2c(=O)n1-c1ccc(OCC)cc1. The number of carbonyl (C=O) groups excluding carboxylic acids is 1. The van der Waals surface area contributed by atoms with Crippen LogP contribution in [0.15, 0.2) is 71.5 Å². The highest BCUT2D eigenvalue weighted by molar-refractivity contribution is 6.34. The Hall–Kier alpha value is -4.24. The number of ether oxygens (including phenoxy) is 1. The van der Waals surface area contributed by atoms with Crippen molar-refractivity contribution >= 4 is 34.1 Å². The maximum absolute atomic E-state index is 13.8. The highest BCUT2D eigenvalue weighted by atomic mass is 35.5. The van der Waals surface area contributed by atoms with Crippen molar-refractivity contribution in [1.82, 2.24) is 14.5 Å². The van der Waals surface area contributed by atoms with Gasteiger partial charge < -0.3 is 9.64 Å². The number of hydrogen-bond acceptors (Lipinski definition) is 6. The van der Waals surface area contributed by atoms with Crippen molar-refractivity contribution in [2.24, 2.45) is 0 Å². The van der Waals surface area contributed by atoms with Gasteiger partial charge in [-0.2, -0.15) is 0 Å². The molecule has 39 heavy (non-hydrogen) atoms. The molecule has 0 saturated carbocycles. The number of non-ortho nitro benzene ring substituents is 1. The van der Waals surface area contributed by atoms with Gasteiger partial charge in [-0.25, -0.2) is 4.98 Å². The lowest BCUT2D eigenvalue weighted by atomic mass is 10.1. The molecule has 10 heteroatoms. The van der Waals surface area contributed by atoms with Crippen LogP contribution in [-0.4, -0.2) is 38.4 Å². The number of hydrogen-bond donors (Lipinski definition) is 0. The lowest BCUT2D eigenvalue weighted by Crippen LogP contribution is -2.38. The van der Waals surface area contributed by atoms with Gasteiger partial charge in [0.05, 0.1) is 44.7 Å². The fourth-order valence-electron chi connectivity index (χ4n) is 4.42. The molecule has 0 spiro atoms. The van der Waals surface area contributed by atoms with Crippen molar-refractivity contribution in [2.75, 3.05) is 13.2 Å². The summed E-state index contributed by atoms with van der Waals surface area (Å²) in [6.07, 6.45) is 1.52. The van der Waals surface area contributed by atoms with Crippen molar-refractivity contribution in [3.63, 3.8) is 0 Å². The fraction of sp³-hybridized carbons (Fsp3) is 0.276. The first-order valence-corrected chi connectivity index (χ1v) is 13.1. The monoisotopic (exact) mass is 548 g/mol. The van der Waals surface area contributed by atoms with E-state index >= 15 is 0 Å². The maximum atomic E-state index is 13.8. The molecule has 0 bridgehead atoms. The number of unbranched alkanes of at least 4 members (excludes halogenated alkanes) is 1. The van der Waals surface area contributed by atoms with Crippen LogP contribution in [0.1, 0.15) is 55.8 Å². The van der Waals surface area contributed by atoms with Crippen LogP contribution < -0.4 is 10.3 Å². The summed E-state index contributed by atoms with van der Waals surface area (Å²) in [6, 6.07) is 17.4. The largest absolute Gasteiger partial charge is 0.494 e. The van der Waals surface area contributed by atoms with Crippen molar-refractivity contribution in [3.8, 4) is 11.4 Å². The van der Waals surface area contributed by atoms with Crippen LogP contribution in [-0.2, 0) is 0 Å². The average molecular weight is 549 g/mol. The van der Waals surface area contributed by atoms with E-state index in [1.165, 1.54) is 22.8 Å². The quantitative estimate of drug-likeness (QED) is 0.169. The molecule has 202 valence electrons. The van der Waals surface area contributed by atoms with Crippen LogP contribution in [0.4, 0.5) is 5.69 Å². The van der Waals surface area contributed by atoms with Crippen molar-refractivity contribution < 1.29 is 14.5 Å². The molecule has 1 atom stereocenters. The Kier molecular flexibility index (Phi) is 8.61. The fourth-order valence-corrected chi connectivity index (χ4v) is 4.68. The summed E-state index contributed by atoms with van der Waals surface area (Å²) >= 11 is 6.33. The molecule has 0 fully saturated rings. The normalized spacial score (nSPS) is 11.8. The van der Waals surface area contributed by atoms with Gasteiger partial charge in [-0.15, -0.1) is 0 Å². The zero-order valence-corrected chi connectivity index (χ0v) is 22.7. The van der Waals surface area contributed by atoms with E-state index in [0.29, 0.717) is 47.7 Å². The number of aromatic nitrogens is 2. The number of benzene rings is 3. The second kappa shape index (κ2) is 12.1. The number of para-hydroxylation sites is 1. The van der Waals surface area contributed by atoms with Crippen molar-refractivity contribution in [3.05, 3.63) is 104 Å². The second-order valence-electron chi connectivity index (χ2n) is 9.00. The Balaban J connectivity index is 1.86. The number of carbonyl (C=O) groups is 1. The van der Waals surface area contributed by atoms with Crippen LogP contribution in [0.2, 0.25) is 5.02 Å². The first-order valence-electron chi connectivity index (χ1n) is 12.8. The average Bonchev–Trinajstić information content (AvgIpc) is 2.93. The number of fused-ring (bicyclic) bond motifs is 1. The van der Waals surface area contributed by atoms with Gasteiger partial charge in [-0.05, 0) is 62.7 Å². The summed E-state index contributed by atoms with van der Waals surface area (Å²) in [7, 11) is 0. The van der Waals surface area contributed by atoms with Crippen LogP contribution in [0.25, 0.3) is 16.6 Å². The molecule has 1 unspecified atom stereocenters. The van der Waals surface area contributed by atoms with Gasteiger partial charge in [0, 0.05) is 18.7 Å². The van der Waals surface area contributed by atoms with E-state index in [1.54, 1.807) is 53.4 Å². The number of nitrogens with zero attached hydrogens (tertiary/aromatic N) is 4. The van der Waals surface area contributed by atoms with E-state index in [2.05, 4.69) is 0 Å². The van der Waals surface area contributed by atoms with Gasteiger partial charge >= 0.3 is 0 Å². The smallest absolute Gasteiger partial charge is 0.270 e. The van der Waals surface area contributed by atoms with Crippen LogP contribution in [0, 0.1) is 10.1 Å². The van der Waals surface area contributed by atoms with Gasteiger partial charge in [0.25, 0.3) is 17.2 Å². The minimum atomic E-state index is -0.640. The minimum Gasteiger partial charge on any atom is -0.494 e. The highest BCUT2D eigenvalue weighted by Crippen LogP contribution is 2.29. The Labute approximate surface area is 230 Å². The minimum absolute atomic E-state index is 0.0155. The zero-order chi connectivity index (χ0) is 28.1. The molecular formula is C29H29ClN4O5. The molecule has 9 nitrogen and oxygen atoms in total. The van der Waals surface area contributed by atoms with Crippen molar-refractivity contribution in [2.45, 2.75) is 39.7 Å². The molecule has 1 heterocycles.